The predicted molar refractivity (Wildman–Crippen MR) is 54.7 cm³/mol. The SMILES string of the molecule is CC(C)[C@H](O)C(=O)NC1CCSC1. The van der Waals surface area contributed by atoms with E-state index in [9.17, 15) is 9.90 Å². The summed E-state index contributed by atoms with van der Waals surface area (Å²) in [4.78, 5) is 11.4. The molecule has 1 unspecified atom stereocenters. The van der Waals surface area contributed by atoms with Crippen LogP contribution in [-0.4, -0.2) is 34.7 Å². The van der Waals surface area contributed by atoms with Gasteiger partial charge in [0.1, 0.15) is 6.10 Å². The summed E-state index contributed by atoms with van der Waals surface area (Å²) >= 11 is 1.85. The molecular weight excluding hydrogens is 186 g/mol. The molecule has 2 atom stereocenters. The first-order valence-corrected chi connectivity index (χ1v) is 5.83. The van der Waals surface area contributed by atoms with Gasteiger partial charge in [-0.25, -0.2) is 0 Å². The number of thioether (sulfide) groups is 1. The molecule has 1 amide bonds. The standard InChI is InChI=1S/C9H17NO2S/c1-6(2)8(11)9(12)10-7-3-4-13-5-7/h6-8,11H,3-5H2,1-2H3,(H,10,12)/t7?,8-/m0/s1. The van der Waals surface area contributed by atoms with Crippen LogP contribution < -0.4 is 5.32 Å². The fourth-order valence-corrected chi connectivity index (χ4v) is 2.39. The van der Waals surface area contributed by atoms with Crippen LogP contribution in [0.15, 0.2) is 0 Å². The molecule has 0 spiro atoms. The van der Waals surface area contributed by atoms with Gasteiger partial charge in [0.25, 0.3) is 0 Å². The lowest BCUT2D eigenvalue weighted by Gasteiger charge is -2.17. The molecule has 13 heavy (non-hydrogen) atoms. The zero-order valence-electron chi connectivity index (χ0n) is 8.12. The van der Waals surface area contributed by atoms with Crippen molar-refractivity contribution in [2.24, 2.45) is 5.92 Å². The van der Waals surface area contributed by atoms with E-state index in [4.69, 9.17) is 0 Å². The molecule has 0 aliphatic carbocycles. The third-order valence-corrected chi connectivity index (χ3v) is 3.34. The quantitative estimate of drug-likeness (QED) is 0.707. The minimum atomic E-state index is -0.856. The van der Waals surface area contributed by atoms with Crippen molar-refractivity contribution in [3.8, 4) is 0 Å². The third-order valence-electron chi connectivity index (χ3n) is 2.18. The maximum Gasteiger partial charge on any atom is 0.249 e. The largest absolute Gasteiger partial charge is 0.383 e. The minimum absolute atomic E-state index is 0.00550. The van der Waals surface area contributed by atoms with Crippen LogP contribution in [0, 0.1) is 5.92 Å². The maximum absolute atomic E-state index is 11.4. The number of hydrogen-bond donors (Lipinski definition) is 2. The van der Waals surface area contributed by atoms with Gasteiger partial charge in [0.15, 0.2) is 0 Å². The summed E-state index contributed by atoms with van der Waals surface area (Å²) in [6.45, 7) is 3.68. The first-order chi connectivity index (χ1) is 6.11. The van der Waals surface area contributed by atoms with Crippen molar-refractivity contribution in [1.82, 2.24) is 5.32 Å². The van der Waals surface area contributed by atoms with Crippen molar-refractivity contribution >= 4 is 17.7 Å². The summed E-state index contributed by atoms with van der Waals surface area (Å²) in [5, 5.41) is 12.3. The summed E-state index contributed by atoms with van der Waals surface area (Å²) in [5.41, 5.74) is 0. The van der Waals surface area contributed by atoms with Crippen LogP contribution in [0.2, 0.25) is 0 Å². The Morgan fingerprint density at radius 1 is 1.62 bits per heavy atom. The van der Waals surface area contributed by atoms with Gasteiger partial charge < -0.3 is 10.4 Å². The van der Waals surface area contributed by atoms with Gasteiger partial charge in [-0.2, -0.15) is 11.8 Å². The fraction of sp³-hybridized carbons (Fsp3) is 0.889. The number of amides is 1. The summed E-state index contributed by atoms with van der Waals surface area (Å²) in [6.07, 6.45) is 0.173. The highest BCUT2D eigenvalue weighted by Crippen LogP contribution is 2.17. The van der Waals surface area contributed by atoms with Crippen molar-refractivity contribution in [2.45, 2.75) is 32.4 Å². The molecule has 76 valence electrons. The van der Waals surface area contributed by atoms with Crippen molar-refractivity contribution < 1.29 is 9.90 Å². The highest BCUT2D eigenvalue weighted by atomic mass is 32.2. The van der Waals surface area contributed by atoms with Crippen LogP contribution in [0.3, 0.4) is 0 Å². The average Bonchev–Trinajstić information content (AvgIpc) is 2.55. The average molecular weight is 203 g/mol. The van der Waals surface area contributed by atoms with E-state index < -0.39 is 6.10 Å². The molecule has 0 aromatic rings. The van der Waals surface area contributed by atoms with Crippen molar-refractivity contribution in [1.29, 1.82) is 0 Å². The number of hydrogen-bond acceptors (Lipinski definition) is 3. The van der Waals surface area contributed by atoms with E-state index in [2.05, 4.69) is 5.32 Å². The Labute approximate surface area is 83.3 Å². The maximum atomic E-state index is 11.4. The number of nitrogens with one attached hydrogen (secondary N) is 1. The van der Waals surface area contributed by atoms with E-state index in [1.165, 1.54) is 0 Å². The number of aliphatic hydroxyl groups is 1. The van der Waals surface area contributed by atoms with Crippen LogP contribution in [0.25, 0.3) is 0 Å². The van der Waals surface area contributed by atoms with E-state index in [0.717, 1.165) is 17.9 Å². The summed E-state index contributed by atoms with van der Waals surface area (Å²) in [6, 6.07) is 0.269. The molecule has 1 rings (SSSR count). The molecule has 1 aliphatic rings. The Morgan fingerprint density at radius 2 is 2.31 bits per heavy atom. The van der Waals surface area contributed by atoms with Crippen LogP contribution in [-0.2, 0) is 4.79 Å². The zero-order valence-corrected chi connectivity index (χ0v) is 8.93. The lowest BCUT2D eigenvalue weighted by atomic mass is 10.1. The number of carbonyl (C=O) groups excluding carboxylic acids is 1. The molecule has 0 saturated carbocycles. The van der Waals surface area contributed by atoms with Crippen molar-refractivity contribution in [3.05, 3.63) is 0 Å². The Kier molecular flexibility index (Phi) is 4.06. The second kappa shape index (κ2) is 4.86. The monoisotopic (exact) mass is 203 g/mol. The first-order valence-electron chi connectivity index (χ1n) is 4.67. The number of carbonyl (C=O) groups is 1. The van der Waals surface area contributed by atoms with Gasteiger partial charge in [-0.05, 0) is 18.1 Å². The Bertz CT molecular complexity index is 178. The molecule has 2 N–H and O–H groups in total. The normalized spacial score (nSPS) is 24.8. The van der Waals surface area contributed by atoms with Crippen molar-refractivity contribution in [3.63, 3.8) is 0 Å². The van der Waals surface area contributed by atoms with E-state index in [1.807, 2.05) is 25.6 Å². The molecule has 4 heteroatoms. The summed E-state index contributed by atoms with van der Waals surface area (Å²) in [7, 11) is 0. The lowest BCUT2D eigenvalue weighted by molar-refractivity contribution is -0.131. The van der Waals surface area contributed by atoms with Gasteiger partial charge in [0.2, 0.25) is 5.91 Å². The number of rotatable bonds is 3. The van der Waals surface area contributed by atoms with E-state index in [-0.39, 0.29) is 17.9 Å². The molecule has 0 aromatic carbocycles. The Balaban J connectivity index is 2.31. The molecule has 1 heterocycles. The molecule has 1 fully saturated rings. The number of aliphatic hydroxyl groups excluding tert-OH is 1. The van der Waals surface area contributed by atoms with Gasteiger partial charge in [0.05, 0.1) is 0 Å². The molecule has 0 radical (unpaired) electrons. The van der Waals surface area contributed by atoms with E-state index in [0.29, 0.717) is 0 Å². The van der Waals surface area contributed by atoms with E-state index in [1.54, 1.807) is 0 Å². The first kappa shape index (κ1) is 10.9. The minimum Gasteiger partial charge on any atom is -0.383 e. The van der Waals surface area contributed by atoms with Gasteiger partial charge in [-0.15, -0.1) is 0 Å². The van der Waals surface area contributed by atoms with Crippen LogP contribution in [0.4, 0.5) is 0 Å². The lowest BCUT2D eigenvalue weighted by Crippen LogP contribution is -2.43. The van der Waals surface area contributed by atoms with Gasteiger partial charge in [0, 0.05) is 11.8 Å². The molecule has 0 aromatic heterocycles. The Hall–Kier alpha value is -0.220. The highest BCUT2D eigenvalue weighted by molar-refractivity contribution is 7.99. The van der Waals surface area contributed by atoms with Crippen molar-refractivity contribution in [2.75, 3.05) is 11.5 Å². The van der Waals surface area contributed by atoms with Gasteiger partial charge in [-0.1, -0.05) is 13.8 Å². The third kappa shape index (κ3) is 3.19. The van der Waals surface area contributed by atoms with E-state index >= 15 is 0 Å². The zero-order chi connectivity index (χ0) is 9.84. The fourth-order valence-electron chi connectivity index (χ4n) is 1.24. The van der Waals surface area contributed by atoms with Crippen LogP contribution in [0.5, 0.6) is 0 Å². The predicted octanol–water partition coefficient (Wildman–Crippen LogP) is 0.625. The molecule has 3 nitrogen and oxygen atoms in total. The second-order valence-electron chi connectivity index (χ2n) is 3.76. The molecule has 1 saturated heterocycles. The van der Waals surface area contributed by atoms with Crippen LogP contribution >= 0.6 is 11.8 Å². The summed E-state index contributed by atoms with van der Waals surface area (Å²) < 4.78 is 0. The van der Waals surface area contributed by atoms with Crippen LogP contribution in [0.1, 0.15) is 20.3 Å². The van der Waals surface area contributed by atoms with Gasteiger partial charge in [-0.3, -0.25) is 4.79 Å². The smallest absolute Gasteiger partial charge is 0.249 e. The topological polar surface area (TPSA) is 49.3 Å². The van der Waals surface area contributed by atoms with Gasteiger partial charge >= 0.3 is 0 Å². The Morgan fingerprint density at radius 3 is 2.77 bits per heavy atom. The second-order valence-corrected chi connectivity index (χ2v) is 4.91. The summed E-state index contributed by atoms with van der Waals surface area (Å²) in [5.74, 6) is 1.87. The molecule has 0 bridgehead atoms. The molecule has 1 aliphatic heterocycles. The highest BCUT2D eigenvalue weighted by Gasteiger charge is 2.23. The molecular formula is C9H17NO2S.